The fourth-order valence-corrected chi connectivity index (χ4v) is 2.74. The van der Waals surface area contributed by atoms with Gasteiger partial charge in [0, 0.05) is 19.2 Å². The number of fused-ring (bicyclic) bond motifs is 1. The molecule has 20 heavy (non-hydrogen) atoms. The summed E-state index contributed by atoms with van der Waals surface area (Å²) in [7, 11) is 1.66. The average Bonchev–Trinajstić information content (AvgIpc) is 2.63. The van der Waals surface area contributed by atoms with E-state index in [1.807, 2.05) is 0 Å². The average molecular weight is 276 g/mol. The SMILES string of the molecule is Cn1c(=O)n(C2CCC(=O)NC2O)c2ccc(N)cc21. The Labute approximate surface area is 114 Å². The van der Waals surface area contributed by atoms with Gasteiger partial charge in [0.05, 0.1) is 17.1 Å². The molecule has 1 aliphatic heterocycles. The number of aliphatic hydroxyl groups excluding tert-OH is 1. The molecule has 106 valence electrons. The zero-order valence-corrected chi connectivity index (χ0v) is 11.0. The van der Waals surface area contributed by atoms with Crippen molar-refractivity contribution in [1.82, 2.24) is 14.5 Å². The Hall–Kier alpha value is -2.28. The second-order valence-corrected chi connectivity index (χ2v) is 5.08. The van der Waals surface area contributed by atoms with E-state index in [1.165, 1.54) is 9.13 Å². The third-order valence-corrected chi connectivity index (χ3v) is 3.79. The van der Waals surface area contributed by atoms with Crippen LogP contribution in [-0.4, -0.2) is 26.4 Å². The van der Waals surface area contributed by atoms with Crippen LogP contribution in [0.25, 0.3) is 11.0 Å². The maximum Gasteiger partial charge on any atom is 0.329 e. The summed E-state index contributed by atoms with van der Waals surface area (Å²) in [5.74, 6) is -0.203. The van der Waals surface area contributed by atoms with Gasteiger partial charge in [-0.15, -0.1) is 0 Å². The number of nitrogen functional groups attached to an aromatic ring is 1. The van der Waals surface area contributed by atoms with E-state index in [1.54, 1.807) is 25.2 Å². The molecular weight excluding hydrogens is 260 g/mol. The lowest BCUT2D eigenvalue weighted by Crippen LogP contribution is -2.47. The lowest BCUT2D eigenvalue weighted by atomic mass is 10.0. The highest BCUT2D eigenvalue weighted by atomic mass is 16.3. The first-order chi connectivity index (χ1) is 9.49. The summed E-state index contributed by atoms with van der Waals surface area (Å²) in [6.07, 6.45) is -0.340. The highest BCUT2D eigenvalue weighted by molar-refractivity contribution is 5.80. The third-order valence-electron chi connectivity index (χ3n) is 3.79. The Morgan fingerprint density at radius 3 is 2.80 bits per heavy atom. The lowest BCUT2D eigenvalue weighted by molar-refractivity contribution is -0.128. The summed E-state index contributed by atoms with van der Waals surface area (Å²) in [5.41, 5.74) is 7.49. The number of nitrogens with two attached hydrogens (primary N) is 1. The molecule has 1 aromatic heterocycles. The van der Waals surface area contributed by atoms with E-state index < -0.39 is 12.3 Å². The minimum absolute atomic E-state index is 0.203. The van der Waals surface area contributed by atoms with E-state index in [9.17, 15) is 14.7 Å². The maximum absolute atomic E-state index is 12.4. The van der Waals surface area contributed by atoms with Crippen LogP contribution in [0.1, 0.15) is 18.9 Å². The molecule has 7 nitrogen and oxygen atoms in total. The minimum atomic E-state index is -1.06. The Bertz CT molecular complexity index is 746. The number of aryl methyl sites for hydroxylation is 1. The number of rotatable bonds is 1. The van der Waals surface area contributed by atoms with Gasteiger partial charge in [0.1, 0.15) is 6.23 Å². The second kappa shape index (κ2) is 4.38. The van der Waals surface area contributed by atoms with Crippen molar-refractivity contribution in [3.63, 3.8) is 0 Å². The Morgan fingerprint density at radius 1 is 1.35 bits per heavy atom. The zero-order valence-electron chi connectivity index (χ0n) is 11.0. The molecule has 1 fully saturated rings. The number of carbonyl (C=O) groups excluding carboxylic acids is 1. The largest absolute Gasteiger partial charge is 0.399 e. The van der Waals surface area contributed by atoms with Crippen LogP contribution in [0.5, 0.6) is 0 Å². The minimum Gasteiger partial charge on any atom is -0.399 e. The van der Waals surface area contributed by atoms with Crippen LogP contribution in [0, 0.1) is 0 Å². The molecule has 7 heteroatoms. The van der Waals surface area contributed by atoms with E-state index in [0.29, 0.717) is 29.6 Å². The van der Waals surface area contributed by atoms with Crippen LogP contribution >= 0.6 is 0 Å². The van der Waals surface area contributed by atoms with Crippen LogP contribution in [-0.2, 0) is 11.8 Å². The van der Waals surface area contributed by atoms with Crippen molar-refractivity contribution < 1.29 is 9.90 Å². The van der Waals surface area contributed by atoms with E-state index in [4.69, 9.17) is 5.73 Å². The molecule has 1 aromatic carbocycles. The predicted molar refractivity (Wildman–Crippen MR) is 74.0 cm³/mol. The van der Waals surface area contributed by atoms with Gasteiger partial charge in [-0.1, -0.05) is 0 Å². The first kappa shape index (κ1) is 12.7. The molecule has 1 amide bonds. The maximum atomic E-state index is 12.4. The lowest BCUT2D eigenvalue weighted by Gasteiger charge is -2.29. The van der Waals surface area contributed by atoms with Crippen molar-refractivity contribution in [3.8, 4) is 0 Å². The number of nitrogens with zero attached hydrogens (tertiary/aromatic N) is 2. The van der Waals surface area contributed by atoms with Gasteiger partial charge < -0.3 is 16.2 Å². The third kappa shape index (κ3) is 1.78. The molecule has 2 unspecified atom stereocenters. The van der Waals surface area contributed by atoms with E-state index in [2.05, 4.69) is 5.32 Å². The summed E-state index contributed by atoms with van der Waals surface area (Å²) in [6.45, 7) is 0. The number of carbonyl (C=O) groups is 1. The molecule has 2 atom stereocenters. The summed E-state index contributed by atoms with van der Waals surface area (Å²) >= 11 is 0. The number of amides is 1. The topological polar surface area (TPSA) is 102 Å². The van der Waals surface area contributed by atoms with Crippen molar-refractivity contribution in [2.24, 2.45) is 7.05 Å². The first-order valence-corrected chi connectivity index (χ1v) is 6.43. The zero-order chi connectivity index (χ0) is 14.4. The molecule has 1 saturated heterocycles. The Kier molecular flexibility index (Phi) is 2.79. The molecule has 2 aromatic rings. The van der Waals surface area contributed by atoms with E-state index in [0.717, 1.165) is 0 Å². The molecule has 0 bridgehead atoms. The van der Waals surface area contributed by atoms with E-state index in [-0.39, 0.29) is 11.6 Å². The molecule has 3 rings (SSSR count). The number of benzene rings is 1. The van der Waals surface area contributed by atoms with Crippen molar-refractivity contribution in [2.75, 3.05) is 5.73 Å². The van der Waals surface area contributed by atoms with Crippen molar-refractivity contribution in [3.05, 3.63) is 28.7 Å². The Morgan fingerprint density at radius 2 is 2.10 bits per heavy atom. The van der Waals surface area contributed by atoms with Gasteiger partial charge in [-0.25, -0.2) is 4.79 Å². The van der Waals surface area contributed by atoms with Gasteiger partial charge in [0.15, 0.2) is 0 Å². The molecule has 0 radical (unpaired) electrons. The molecule has 0 saturated carbocycles. The highest BCUT2D eigenvalue weighted by Crippen LogP contribution is 2.25. The first-order valence-electron chi connectivity index (χ1n) is 6.43. The number of anilines is 1. The second-order valence-electron chi connectivity index (χ2n) is 5.08. The molecule has 1 aliphatic rings. The fourth-order valence-electron chi connectivity index (χ4n) is 2.74. The van der Waals surface area contributed by atoms with Crippen LogP contribution in [0.4, 0.5) is 5.69 Å². The smallest absolute Gasteiger partial charge is 0.329 e. The van der Waals surface area contributed by atoms with Gasteiger partial charge in [-0.3, -0.25) is 13.9 Å². The standard InChI is InChI=1S/C13H16N4O3/c1-16-10-6-7(14)2-3-8(10)17(13(16)20)9-4-5-11(18)15-12(9)19/h2-3,6,9,12,19H,4-5,14H2,1H3,(H,15,18). The number of imidazole rings is 1. The van der Waals surface area contributed by atoms with Gasteiger partial charge in [-0.2, -0.15) is 0 Å². The summed E-state index contributed by atoms with van der Waals surface area (Å²) in [4.78, 5) is 23.7. The summed E-state index contributed by atoms with van der Waals surface area (Å²) < 4.78 is 3.02. The summed E-state index contributed by atoms with van der Waals surface area (Å²) in [6, 6.07) is 4.73. The Balaban J connectivity index is 2.19. The van der Waals surface area contributed by atoms with Gasteiger partial charge in [-0.05, 0) is 24.6 Å². The van der Waals surface area contributed by atoms with Gasteiger partial charge >= 0.3 is 5.69 Å². The van der Waals surface area contributed by atoms with Crippen LogP contribution in [0.15, 0.2) is 23.0 Å². The van der Waals surface area contributed by atoms with Crippen LogP contribution < -0.4 is 16.7 Å². The van der Waals surface area contributed by atoms with E-state index >= 15 is 0 Å². The molecule has 0 spiro atoms. The van der Waals surface area contributed by atoms with Crippen molar-refractivity contribution >= 4 is 22.6 Å². The fraction of sp³-hybridized carbons (Fsp3) is 0.385. The number of nitrogens with one attached hydrogen (secondary N) is 1. The number of hydrogen-bond donors (Lipinski definition) is 3. The molecule has 0 aliphatic carbocycles. The number of aliphatic hydroxyl groups is 1. The predicted octanol–water partition coefficient (Wildman–Crippen LogP) is -0.308. The number of piperidine rings is 1. The number of hydrogen-bond acceptors (Lipinski definition) is 4. The highest BCUT2D eigenvalue weighted by Gasteiger charge is 2.31. The van der Waals surface area contributed by atoms with Crippen LogP contribution in [0.2, 0.25) is 0 Å². The van der Waals surface area contributed by atoms with Crippen LogP contribution in [0.3, 0.4) is 0 Å². The van der Waals surface area contributed by atoms with Crippen molar-refractivity contribution in [1.29, 1.82) is 0 Å². The number of aromatic nitrogens is 2. The monoisotopic (exact) mass is 276 g/mol. The normalized spacial score (nSPS) is 23.0. The van der Waals surface area contributed by atoms with Gasteiger partial charge in [0.2, 0.25) is 5.91 Å². The molecule has 4 N–H and O–H groups in total. The van der Waals surface area contributed by atoms with Crippen molar-refractivity contribution in [2.45, 2.75) is 25.1 Å². The van der Waals surface area contributed by atoms with Gasteiger partial charge in [0.25, 0.3) is 0 Å². The molecular formula is C13H16N4O3. The molecule has 2 heterocycles. The summed E-state index contributed by atoms with van der Waals surface area (Å²) in [5, 5.41) is 12.5. The quantitative estimate of drug-likeness (QED) is 0.622.